The second-order valence-corrected chi connectivity index (χ2v) is 7.14. The summed E-state index contributed by atoms with van der Waals surface area (Å²) in [6.45, 7) is 4.99. The molecule has 27 heavy (non-hydrogen) atoms. The van der Waals surface area contributed by atoms with Gasteiger partial charge in [0.1, 0.15) is 11.4 Å². The summed E-state index contributed by atoms with van der Waals surface area (Å²) in [6.07, 6.45) is 0. The van der Waals surface area contributed by atoms with Crippen LogP contribution in [-0.4, -0.2) is 48.4 Å². The van der Waals surface area contributed by atoms with Gasteiger partial charge in [0.05, 0.1) is 17.7 Å². The number of aromatic nitrogens is 2. The molecule has 1 aromatic carbocycles. The van der Waals surface area contributed by atoms with Gasteiger partial charge in [-0.1, -0.05) is 18.2 Å². The van der Waals surface area contributed by atoms with Crippen LogP contribution in [0.15, 0.2) is 47.8 Å². The van der Waals surface area contributed by atoms with Crippen LogP contribution in [0.4, 0.5) is 5.69 Å². The molecule has 1 aliphatic heterocycles. The Bertz CT molecular complexity index is 817. The Morgan fingerprint density at radius 3 is 2.56 bits per heavy atom. The number of methoxy groups -OCH3 is 1. The molecule has 0 amide bonds. The maximum atomic E-state index is 5.49. The van der Waals surface area contributed by atoms with Crippen molar-refractivity contribution in [2.24, 2.45) is 0 Å². The standard InChI is InChI=1S/C19H22N4OS.2ClH/c1-24-18-6-3-2-5-17(18)23-10-8-22(9-11-23)14-15-13-16(21-20-15)19-7-4-12-25-19;;/h2-7,12-13H,8-11,14H2,1H3,(H,20,21);2*1H. The Balaban J connectivity index is 0.00000131. The molecule has 0 bridgehead atoms. The molecule has 0 atom stereocenters. The molecule has 146 valence electrons. The summed E-state index contributed by atoms with van der Waals surface area (Å²) in [7, 11) is 1.73. The molecule has 0 spiro atoms. The molecule has 0 radical (unpaired) electrons. The fourth-order valence-corrected chi connectivity index (χ4v) is 3.96. The molecule has 1 aliphatic rings. The van der Waals surface area contributed by atoms with Crippen molar-refractivity contribution in [3.63, 3.8) is 0 Å². The Kier molecular flexibility index (Phi) is 7.98. The third-order valence-electron chi connectivity index (χ3n) is 4.60. The van der Waals surface area contributed by atoms with Crippen LogP contribution >= 0.6 is 36.2 Å². The molecule has 4 rings (SSSR count). The van der Waals surface area contributed by atoms with E-state index in [1.165, 1.54) is 16.3 Å². The van der Waals surface area contributed by atoms with Crippen LogP contribution in [0.2, 0.25) is 0 Å². The van der Waals surface area contributed by atoms with Gasteiger partial charge in [-0.25, -0.2) is 0 Å². The van der Waals surface area contributed by atoms with E-state index in [1.54, 1.807) is 18.4 Å². The van der Waals surface area contributed by atoms with Crippen molar-refractivity contribution in [3.05, 3.63) is 53.5 Å². The third kappa shape index (κ3) is 4.96. The van der Waals surface area contributed by atoms with Gasteiger partial charge in [-0.15, -0.1) is 36.2 Å². The minimum absolute atomic E-state index is 0. The second-order valence-electron chi connectivity index (χ2n) is 6.19. The number of hydrogen-bond donors (Lipinski definition) is 1. The summed E-state index contributed by atoms with van der Waals surface area (Å²) >= 11 is 1.72. The van der Waals surface area contributed by atoms with Crippen LogP contribution in [0.1, 0.15) is 5.69 Å². The molecule has 1 fully saturated rings. The van der Waals surface area contributed by atoms with Crippen molar-refractivity contribution in [1.82, 2.24) is 15.1 Å². The highest BCUT2D eigenvalue weighted by Gasteiger charge is 2.20. The molecule has 3 heterocycles. The molecule has 0 saturated carbocycles. The Morgan fingerprint density at radius 1 is 1.07 bits per heavy atom. The molecule has 3 aromatic rings. The van der Waals surface area contributed by atoms with E-state index in [0.717, 1.165) is 44.2 Å². The number of thiophene rings is 1. The van der Waals surface area contributed by atoms with Crippen LogP contribution in [0, 0.1) is 0 Å². The summed E-state index contributed by atoms with van der Waals surface area (Å²) in [5.41, 5.74) is 3.40. The van der Waals surface area contributed by atoms with E-state index < -0.39 is 0 Å². The first kappa shape index (κ1) is 21.6. The van der Waals surface area contributed by atoms with E-state index >= 15 is 0 Å². The maximum Gasteiger partial charge on any atom is 0.142 e. The number of benzene rings is 1. The van der Waals surface area contributed by atoms with Crippen LogP contribution in [-0.2, 0) is 6.54 Å². The van der Waals surface area contributed by atoms with E-state index in [2.05, 4.69) is 55.7 Å². The number of halogens is 2. The van der Waals surface area contributed by atoms with Gasteiger partial charge in [0.15, 0.2) is 0 Å². The molecule has 1 saturated heterocycles. The molecule has 0 aliphatic carbocycles. The lowest BCUT2D eigenvalue weighted by Gasteiger charge is -2.36. The van der Waals surface area contributed by atoms with Gasteiger partial charge in [0, 0.05) is 38.4 Å². The minimum atomic E-state index is 0. The van der Waals surface area contributed by atoms with Gasteiger partial charge in [0.25, 0.3) is 0 Å². The lowest BCUT2D eigenvalue weighted by Crippen LogP contribution is -2.46. The predicted octanol–water partition coefficient (Wildman–Crippen LogP) is 4.31. The van der Waals surface area contributed by atoms with Crippen LogP contribution in [0.3, 0.4) is 0 Å². The summed E-state index contributed by atoms with van der Waals surface area (Å²) in [6, 6.07) is 14.6. The predicted molar refractivity (Wildman–Crippen MR) is 117 cm³/mol. The first-order chi connectivity index (χ1) is 12.3. The average molecular weight is 427 g/mol. The molecule has 0 unspecified atom stereocenters. The van der Waals surface area contributed by atoms with Gasteiger partial charge in [-0.2, -0.15) is 5.10 Å². The Labute approximate surface area is 176 Å². The van der Waals surface area contributed by atoms with Gasteiger partial charge in [-0.05, 0) is 29.6 Å². The summed E-state index contributed by atoms with van der Waals surface area (Å²) in [4.78, 5) is 6.08. The van der Waals surface area contributed by atoms with Crippen molar-refractivity contribution in [1.29, 1.82) is 0 Å². The number of rotatable bonds is 5. The van der Waals surface area contributed by atoms with Crippen LogP contribution < -0.4 is 9.64 Å². The Hall–Kier alpha value is -1.73. The van der Waals surface area contributed by atoms with E-state index in [0.29, 0.717) is 0 Å². The van der Waals surface area contributed by atoms with Gasteiger partial charge < -0.3 is 9.64 Å². The lowest BCUT2D eigenvalue weighted by atomic mass is 10.2. The number of piperazine rings is 1. The number of ether oxygens (including phenoxy) is 1. The first-order valence-corrected chi connectivity index (χ1v) is 9.40. The number of aromatic amines is 1. The van der Waals surface area contributed by atoms with Gasteiger partial charge in [-0.3, -0.25) is 10.00 Å². The van der Waals surface area contributed by atoms with Gasteiger partial charge in [0.2, 0.25) is 0 Å². The van der Waals surface area contributed by atoms with E-state index in [1.807, 2.05) is 12.1 Å². The zero-order valence-corrected chi connectivity index (χ0v) is 17.6. The lowest BCUT2D eigenvalue weighted by molar-refractivity contribution is 0.246. The SMILES string of the molecule is COc1ccccc1N1CCN(Cc2cc(-c3cccs3)n[nH]2)CC1.Cl.Cl. The molecule has 8 heteroatoms. The average Bonchev–Trinajstić information content (AvgIpc) is 3.34. The maximum absolute atomic E-state index is 5.49. The second kappa shape index (κ2) is 9.99. The fourth-order valence-electron chi connectivity index (χ4n) is 3.27. The smallest absolute Gasteiger partial charge is 0.142 e. The topological polar surface area (TPSA) is 44.4 Å². The quantitative estimate of drug-likeness (QED) is 0.659. The van der Waals surface area contributed by atoms with Gasteiger partial charge >= 0.3 is 0 Å². The third-order valence-corrected chi connectivity index (χ3v) is 5.49. The highest BCUT2D eigenvalue weighted by Crippen LogP contribution is 2.28. The number of nitrogens with zero attached hydrogens (tertiary/aromatic N) is 3. The molecule has 5 nitrogen and oxygen atoms in total. The number of H-pyrrole nitrogens is 1. The summed E-state index contributed by atoms with van der Waals surface area (Å²) < 4.78 is 5.49. The molecular weight excluding hydrogens is 403 g/mol. The number of para-hydroxylation sites is 2. The monoisotopic (exact) mass is 426 g/mol. The highest BCUT2D eigenvalue weighted by atomic mass is 35.5. The number of hydrogen-bond acceptors (Lipinski definition) is 5. The molecular formula is C19H24Cl2N4OS. The molecule has 2 aromatic heterocycles. The largest absolute Gasteiger partial charge is 0.495 e. The van der Waals surface area contributed by atoms with Crippen molar-refractivity contribution in [2.45, 2.75) is 6.54 Å². The van der Waals surface area contributed by atoms with Crippen LogP contribution in [0.5, 0.6) is 5.75 Å². The van der Waals surface area contributed by atoms with E-state index in [4.69, 9.17) is 4.74 Å². The summed E-state index contributed by atoms with van der Waals surface area (Å²) in [5, 5.41) is 9.71. The number of nitrogens with one attached hydrogen (secondary N) is 1. The van der Waals surface area contributed by atoms with Crippen LogP contribution in [0.25, 0.3) is 10.6 Å². The van der Waals surface area contributed by atoms with E-state index in [9.17, 15) is 0 Å². The summed E-state index contributed by atoms with van der Waals surface area (Å²) in [5.74, 6) is 0.949. The fraction of sp³-hybridized carbons (Fsp3) is 0.316. The molecule has 1 N–H and O–H groups in total. The zero-order valence-electron chi connectivity index (χ0n) is 15.1. The van der Waals surface area contributed by atoms with Crippen molar-refractivity contribution >= 4 is 41.8 Å². The van der Waals surface area contributed by atoms with Crippen molar-refractivity contribution < 1.29 is 4.74 Å². The van der Waals surface area contributed by atoms with Crippen molar-refractivity contribution in [2.75, 3.05) is 38.2 Å². The minimum Gasteiger partial charge on any atom is -0.495 e. The van der Waals surface area contributed by atoms with E-state index in [-0.39, 0.29) is 24.8 Å². The van der Waals surface area contributed by atoms with Crippen molar-refractivity contribution in [3.8, 4) is 16.3 Å². The first-order valence-electron chi connectivity index (χ1n) is 8.52. The Morgan fingerprint density at radius 2 is 1.85 bits per heavy atom. The zero-order chi connectivity index (χ0) is 17.1. The highest BCUT2D eigenvalue weighted by molar-refractivity contribution is 7.13. The normalized spacial score (nSPS) is 14.3. The number of anilines is 1.